The molecule has 0 spiro atoms. The summed E-state index contributed by atoms with van der Waals surface area (Å²) in [4.78, 5) is 25.4. The molecule has 0 aliphatic carbocycles. The lowest BCUT2D eigenvalue weighted by Gasteiger charge is -2.21. The van der Waals surface area contributed by atoms with Gasteiger partial charge in [-0.25, -0.2) is 0 Å². The lowest BCUT2D eigenvalue weighted by molar-refractivity contribution is -0.141. The van der Waals surface area contributed by atoms with Gasteiger partial charge < -0.3 is 15.3 Å². The number of amides is 1. The van der Waals surface area contributed by atoms with E-state index in [9.17, 15) is 14.7 Å². The second-order valence-corrected chi connectivity index (χ2v) is 6.02. The van der Waals surface area contributed by atoms with Crippen molar-refractivity contribution in [3.05, 3.63) is 41.6 Å². The Bertz CT molecular complexity index is 739. The number of H-pyrrole nitrogens is 1. The summed E-state index contributed by atoms with van der Waals surface area (Å²) < 4.78 is 0. The molecule has 1 aliphatic rings. The number of carbonyl (C=O) groups is 2. The molecule has 3 rings (SSSR count). The highest BCUT2D eigenvalue weighted by molar-refractivity contribution is 5.93. The summed E-state index contributed by atoms with van der Waals surface area (Å²) in [6.07, 6.45) is 0. The molecule has 1 atom stereocenters. The zero-order valence-corrected chi connectivity index (χ0v) is 13.5. The molecule has 0 unspecified atom stereocenters. The quantitative estimate of drug-likeness (QED) is 0.784. The number of aryl methyl sites for hydroxylation is 1. The van der Waals surface area contributed by atoms with E-state index in [2.05, 4.69) is 15.5 Å². The van der Waals surface area contributed by atoms with Crippen molar-refractivity contribution < 1.29 is 14.7 Å². The van der Waals surface area contributed by atoms with Gasteiger partial charge in [0.2, 0.25) is 0 Å². The number of rotatable bonds is 3. The first-order valence-corrected chi connectivity index (χ1v) is 7.90. The largest absolute Gasteiger partial charge is 0.481 e. The number of aromatic nitrogens is 2. The Morgan fingerprint density at radius 1 is 1.29 bits per heavy atom. The number of nitrogens with one attached hydrogen (secondary N) is 2. The summed E-state index contributed by atoms with van der Waals surface area (Å²) in [5, 5.41) is 19.2. The van der Waals surface area contributed by atoms with Gasteiger partial charge in [-0.15, -0.1) is 0 Å². The predicted octanol–water partition coefficient (Wildman–Crippen LogP) is 1.13. The lowest BCUT2D eigenvalue weighted by atomic mass is 10.1. The number of carboxylic acids is 1. The molecule has 1 aromatic carbocycles. The fraction of sp³-hybridized carbons (Fsp3) is 0.353. The minimum absolute atomic E-state index is 0.194. The second kappa shape index (κ2) is 6.84. The summed E-state index contributed by atoms with van der Waals surface area (Å²) in [7, 11) is 0. The van der Waals surface area contributed by atoms with E-state index >= 15 is 0 Å². The highest BCUT2D eigenvalue weighted by atomic mass is 16.4. The van der Waals surface area contributed by atoms with E-state index in [0.29, 0.717) is 31.0 Å². The third-order valence-electron chi connectivity index (χ3n) is 4.18. The van der Waals surface area contributed by atoms with E-state index in [1.807, 2.05) is 31.2 Å². The van der Waals surface area contributed by atoms with E-state index in [1.54, 1.807) is 11.0 Å². The standard InChI is InChI=1S/C17H20N4O3/c1-11-2-4-12(5-3-11)14-8-15(20-19-14)16(22)21-7-6-18-9-13(10-21)17(23)24/h2-5,8,13,18H,6-7,9-10H2,1H3,(H,19,20)(H,23,24)/t13-/m0/s1. The van der Waals surface area contributed by atoms with E-state index in [4.69, 9.17) is 0 Å². The van der Waals surface area contributed by atoms with Gasteiger partial charge in [-0.05, 0) is 13.0 Å². The molecular weight excluding hydrogens is 308 g/mol. The maximum absolute atomic E-state index is 12.7. The predicted molar refractivity (Wildman–Crippen MR) is 88.7 cm³/mol. The van der Waals surface area contributed by atoms with Crippen LogP contribution in [0.15, 0.2) is 30.3 Å². The van der Waals surface area contributed by atoms with Crippen molar-refractivity contribution in [3.63, 3.8) is 0 Å². The number of carboxylic acid groups (broad SMARTS) is 1. The summed E-state index contributed by atoms with van der Waals surface area (Å²) in [6, 6.07) is 9.60. The minimum atomic E-state index is -0.896. The first-order valence-electron chi connectivity index (χ1n) is 7.90. The number of aromatic amines is 1. The summed E-state index contributed by atoms with van der Waals surface area (Å²) >= 11 is 0. The fourth-order valence-corrected chi connectivity index (χ4v) is 2.74. The van der Waals surface area contributed by atoms with Crippen molar-refractivity contribution in [1.82, 2.24) is 20.4 Å². The van der Waals surface area contributed by atoms with Crippen LogP contribution in [0.4, 0.5) is 0 Å². The fourth-order valence-electron chi connectivity index (χ4n) is 2.74. The van der Waals surface area contributed by atoms with Gasteiger partial charge in [-0.3, -0.25) is 14.7 Å². The zero-order valence-electron chi connectivity index (χ0n) is 13.5. The average molecular weight is 328 g/mol. The Kier molecular flexibility index (Phi) is 4.61. The molecule has 1 saturated heterocycles. The van der Waals surface area contributed by atoms with Crippen LogP contribution in [-0.4, -0.2) is 58.3 Å². The summed E-state index contributed by atoms with van der Waals surface area (Å²) in [5.41, 5.74) is 3.15. The highest BCUT2D eigenvalue weighted by Crippen LogP contribution is 2.19. The van der Waals surface area contributed by atoms with Gasteiger partial charge in [-0.1, -0.05) is 29.8 Å². The smallest absolute Gasteiger partial charge is 0.309 e. The highest BCUT2D eigenvalue weighted by Gasteiger charge is 2.27. The molecule has 2 heterocycles. The van der Waals surface area contributed by atoms with Crippen LogP contribution in [0, 0.1) is 12.8 Å². The van der Waals surface area contributed by atoms with Gasteiger partial charge in [0.05, 0.1) is 11.6 Å². The molecule has 2 aromatic rings. The Hall–Kier alpha value is -2.67. The van der Waals surface area contributed by atoms with Crippen LogP contribution in [0.3, 0.4) is 0 Å². The molecule has 1 fully saturated rings. The van der Waals surface area contributed by atoms with E-state index in [0.717, 1.165) is 11.1 Å². The van der Waals surface area contributed by atoms with Crippen LogP contribution in [0.2, 0.25) is 0 Å². The van der Waals surface area contributed by atoms with E-state index < -0.39 is 11.9 Å². The Morgan fingerprint density at radius 2 is 2.04 bits per heavy atom. The first-order chi connectivity index (χ1) is 11.5. The number of nitrogens with zero attached hydrogens (tertiary/aromatic N) is 2. The number of hydrogen-bond donors (Lipinski definition) is 3. The topological polar surface area (TPSA) is 98.3 Å². The molecule has 126 valence electrons. The normalized spacial score (nSPS) is 18.2. The van der Waals surface area contributed by atoms with Crippen LogP contribution in [0.25, 0.3) is 11.3 Å². The maximum Gasteiger partial charge on any atom is 0.309 e. The zero-order chi connectivity index (χ0) is 17.1. The Labute approximate surface area is 139 Å². The SMILES string of the molecule is Cc1ccc(-c2cc(C(=O)N3CCNC[C@H](C(=O)O)C3)[nH]n2)cc1. The van der Waals surface area contributed by atoms with Gasteiger partial charge in [0.25, 0.3) is 5.91 Å². The van der Waals surface area contributed by atoms with Crippen molar-refractivity contribution in [1.29, 1.82) is 0 Å². The van der Waals surface area contributed by atoms with Gasteiger partial charge >= 0.3 is 5.97 Å². The van der Waals surface area contributed by atoms with Gasteiger partial charge in [-0.2, -0.15) is 5.10 Å². The first kappa shape index (κ1) is 16.2. The van der Waals surface area contributed by atoms with E-state index in [1.165, 1.54) is 0 Å². The van der Waals surface area contributed by atoms with Crippen molar-refractivity contribution in [2.75, 3.05) is 26.2 Å². The molecule has 0 radical (unpaired) electrons. The summed E-state index contributed by atoms with van der Waals surface area (Å²) in [6.45, 7) is 3.63. The van der Waals surface area contributed by atoms with Crippen molar-refractivity contribution in [2.45, 2.75) is 6.92 Å². The van der Waals surface area contributed by atoms with Gasteiger partial charge in [0, 0.05) is 31.7 Å². The molecule has 7 nitrogen and oxygen atoms in total. The molecule has 7 heteroatoms. The van der Waals surface area contributed by atoms with Crippen molar-refractivity contribution in [3.8, 4) is 11.3 Å². The van der Waals surface area contributed by atoms with E-state index in [-0.39, 0.29) is 12.5 Å². The molecule has 1 aliphatic heterocycles. The molecule has 0 bridgehead atoms. The van der Waals surface area contributed by atoms with Crippen molar-refractivity contribution in [2.24, 2.45) is 5.92 Å². The summed E-state index contributed by atoms with van der Waals surface area (Å²) in [5.74, 6) is -1.72. The number of carbonyl (C=O) groups excluding carboxylic acids is 1. The Morgan fingerprint density at radius 3 is 2.75 bits per heavy atom. The van der Waals surface area contributed by atoms with Crippen LogP contribution >= 0.6 is 0 Å². The minimum Gasteiger partial charge on any atom is -0.481 e. The number of hydrogen-bond acceptors (Lipinski definition) is 4. The number of aliphatic carboxylic acids is 1. The second-order valence-electron chi connectivity index (χ2n) is 6.02. The van der Waals surface area contributed by atoms with Gasteiger partial charge in [0.15, 0.2) is 0 Å². The molecule has 1 amide bonds. The van der Waals surface area contributed by atoms with Gasteiger partial charge in [0.1, 0.15) is 5.69 Å². The monoisotopic (exact) mass is 328 g/mol. The third kappa shape index (κ3) is 3.46. The third-order valence-corrected chi connectivity index (χ3v) is 4.18. The molecular formula is C17H20N4O3. The number of benzene rings is 1. The van der Waals surface area contributed by atoms with Crippen LogP contribution < -0.4 is 5.32 Å². The van der Waals surface area contributed by atoms with Crippen molar-refractivity contribution >= 4 is 11.9 Å². The average Bonchev–Trinajstić information content (AvgIpc) is 2.92. The lowest BCUT2D eigenvalue weighted by Crippen LogP contribution is -2.38. The maximum atomic E-state index is 12.7. The molecule has 3 N–H and O–H groups in total. The Balaban J connectivity index is 1.77. The molecule has 0 saturated carbocycles. The molecule has 1 aromatic heterocycles. The van der Waals surface area contributed by atoms with Crippen LogP contribution in [-0.2, 0) is 4.79 Å². The van der Waals surface area contributed by atoms with Crippen LogP contribution in [0.5, 0.6) is 0 Å². The molecule has 24 heavy (non-hydrogen) atoms. The van der Waals surface area contributed by atoms with Crippen LogP contribution in [0.1, 0.15) is 16.1 Å².